The van der Waals surface area contributed by atoms with Crippen molar-refractivity contribution in [2.45, 2.75) is 30.6 Å². The fraction of sp³-hybridized carbons (Fsp3) is 0.345. The Morgan fingerprint density at radius 2 is 1.11 bits per heavy atom. The molecule has 236 valence electrons. The van der Waals surface area contributed by atoms with Gasteiger partial charge in [-0.3, -0.25) is 29.0 Å². The molecule has 4 amide bonds. The van der Waals surface area contributed by atoms with Gasteiger partial charge in [-0.2, -0.15) is 0 Å². The van der Waals surface area contributed by atoms with Gasteiger partial charge in [-0.1, -0.05) is 12.5 Å². The number of nitrogens with two attached hydrogens (primary N) is 2. The lowest BCUT2D eigenvalue weighted by atomic mass is 9.43. The molecule has 0 aromatic heterocycles. The summed E-state index contributed by atoms with van der Waals surface area (Å²) in [5, 5.41) is 10.4. The number of anilines is 2. The molecule has 1 saturated carbocycles. The Morgan fingerprint density at radius 3 is 1.44 bits per heavy atom. The zero-order valence-corrected chi connectivity index (χ0v) is 25.8. The van der Waals surface area contributed by atoms with Gasteiger partial charge in [0, 0.05) is 16.9 Å². The average Bonchev–Trinajstić information content (AvgIpc) is 3.38. The Morgan fingerprint density at radius 1 is 0.733 bits per heavy atom. The summed E-state index contributed by atoms with van der Waals surface area (Å²) >= 11 is 0. The lowest BCUT2D eigenvalue weighted by molar-refractivity contribution is -0.155. The van der Waals surface area contributed by atoms with E-state index in [4.69, 9.17) is 15.0 Å². The van der Waals surface area contributed by atoms with Crippen LogP contribution in [0.4, 0.5) is 11.4 Å². The zero-order valence-electron chi connectivity index (χ0n) is 24.2. The Kier molecular flexibility index (Phi) is 6.75. The molecule has 6 atom stereocenters. The number of hydrogen-bond acceptors (Lipinski definition) is 10. The van der Waals surface area contributed by atoms with Gasteiger partial charge in [0.25, 0.3) is 0 Å². The zero-order chi connectivity index (χ0) is 33.0. The van der Waals surface area contributed by atoms with E-state index in [9.17, 15) is 40.8 Å². The molecule has 2 bridgehead atoms. The van der Waals surface area contributed by atoms with Gasteiger partial charge in [0.05, 0.1) is 51.4 Å². The molecule has 2 aliphatic heterocycles. The van der Waals surface area contributed by atoms with Gasteiger partial charge < -0.3 is 4.74 Å². The monoisotopic (exact) mass is 656 g/mol. The van der Waals surface area contributed by atoms with Crippen molar-refractivity contribution in [2.75, 3.05) is 16.4 Å². The normalized spacial score (nSPS) is 29.4. The number of allylic oxidation sites excluding steroid dienone is 1. The third-order valence-electron chi connectivity index (χ3n) is 9.53. The van der Waals surface area contributed by atoms with Gasteiger partial charge in [-0.15, -0.1) is 0 Å². The van der Waals surface area contributed by atoms with Gasteiger partial charge in [0.2, 0.25) is 43.7 Å². The molecule has 2 aromatic carbocycles. The Bertz CT molecular complexity index is 1850. The molecule has 0 spiro atoms. The first-order valence-corrected chi connectivity index (χ1v) is 16.9. The van der Waals surface area contributed by atoms with Crippen LogP contribution in [0.5, 0.6) is 0 Å². The number of nitrogens with zero attached hydrogens (tertiary/aromatic N) is 2. The number of rotatable bonds is 6. The topological polar surface area (TPSA) is 221 Å². The highest BCUT2D eigenvalue weighted by molar-refractivity contribution is 7.89. The highest BCUT2D eigenvalue weighted by Crippen LogP contribution is 2.68. The van der Waals surface area contributed by atoms with Crippen molar-refractivity contribution in [1.82, 2.24) is 0 Å². The van der Waals surface area contributed by atoms with Gasteiger partial charge in [0.1, 0.15) is 0 Å². The van der Waals surface area contributed by atoms with Crippen LogP contribution < -0.4 is 20.1 Å². The molecule has 2 aromatic rings. The van der Waals surface area contributed by atoms with Gasteiger partial charge >= 0.3 is 5.97 Å². The number of carbonyl (C=O) groups is 5. The number of imide groups is 2. The van der Waals surface area contributed by atoms with Crippen molar-refractivity contribution >= 4 is 61.0 Å². The van der Waals surface area contributed by atoms with Crippen LogP contribution in [-0.2, 0) is 48.8 Å². The molecular weight excluding hydrogens is 628 g/mol. The van der Waals surface area contributed by atoms with Crippen LogP contribution in [0.2, 0.25) is 0 Å². The predicted molar refractivity (Wildman–Crippen MR) is 156 cm³/mol. The number of ether oxygens (including phenoxy) is 1. The molecule has 2 saturated heterocycles. The predicted octanol–water partition coefficient (Wildman–Crippen LogP) is 0.422. The van der Waals surface area contributed by atoms with Gasteiger partial charge in [0.15, 0.2) is 0 Å². The van der Waals surface area contributed by atoms with E-state index in [1.165, 1.54) is 31.2 Å². The number of amides is 4. The minimum absolute atomic E-state index is 0.0106. The second-order valence-electron chi connectivity index (χ2n) is 11.7. The lowest BCUT2D eigenvalue weighted by Gasteiger charge is -2.55. The quantitative estimate of drug-likeness (QED) is 0.322. The molecule has 2 unspecified atom stereocenters. The number of sulfonamides is 2. The lowest BCUT2D eigenvalue weighted by Crippen LogP contribution is -2.61. The first-order valence-electron chi connectivity index (χ1n) is 13.9. The summed E-state index contributed by atoms with van der Waals surface area (Å²) in [5.74, 6) is -9.29. The summed E-state index contributed by atoms with van der Waals surface area (Å²) in [4.78, 5) is 71.5. The van der Waals surface area contributed by atoms with Crippen molar-refractivity contribution in [3.05, 3.63) is 59.7 Å². The first-order chi connectivity index (χ1) is 21.0. The third-order valence-corrected chi connectivity index (χ3v) is 11.4. The van der Waals surface area contributed by atoms with Gasteiger partial charge in [-0.25, -0.2) is 31.9 Å². The summed E-state index contributed by atoms with van der Waals surface area (Å²) in [6, 6.07) is 9.63. The summed E-state index contributed by atoms with van der Waals surface area (Å²) in [5.41, 5.74) is -1.13. The number of hydrogen-bond donors (Lipinski definition) is 2. The van der Waals surface area contributed by atoms with E-state index in [0.29, 0.717) is 5.57 Å². The largest absolute Gasteiger partial charge is 0.463 e. The minimum atomic E-state index is -4.06. The third kappa shape index (κ3) is 4.16. The van der Waals surface area contributed by atoms with Crippen molar-refractivity contribution in [2.24, 2.45) is 45.3 Å². The second kappa shape index (κ2) is 9.87. The van der Waals surface area contributed by atoms with Crippen LogP contribution in [0.15, 0.2) is 69.5 Å². The van der Waals surface area contributed by atoms with E-state index in [1.807, 2.05) is 0 Å². The SMILES string of the molecule is CCOC(=O)C1=C(C)C2[C@H]3C(=O)N(c4ccc(S(N)(=O)=O)cc4)C(=O)[C@H]3C1(C)[C@H]1C(=O)N(c3ccc(S(N)(=O)=O)cc3)C(=O)[C@H]21. The van der Waals surface area contributed by atoms with Crippen LogP contribution in [0.3, 0.4) is 0 Å². The molecule has 3 fully saturated rings. The maximum absolute atomic E-state index is 14.2. The Labute approximate surface area is 258 Å². The van der Waals surface area contributed by atoms with Crippen LogP contribution in [0.25, 0.3) is 0 Å². The highest BCUT2D eigenvalue weighted by atomic mass is 32.2. The van der Waals surface area contributed by atoms with Crippen LogP contribution >= 0.6 is 0 Å². The molecule has 0 radical (unpaired) electrons. The van der Waals surface area contributed by atoms with Crippen molar-refractivity contribution < 1.29 is 45.5 Å². The standard InChI is InChI=1S/C29H28N4O10S2/c1-4-43-28(38)21-13(2)18-19-22(26(36)32(24(19)34)14-5-9-16(10-6-14)44(30,39)40)29(21,3)23-20(18)25(35)33(27(23)37)15-7-11-17(12-8-15)45(31,41)42/h5-12,18-20,22-23H,4H2,1-3H3,(H2,30,39,40)(H2,31,41,42)/t18?,19-,20-,22-,23+,29?/m1/s1. The molecular formula is C29H28N4O10S2. The maximum atomic E-state index is 14.2. The van der Waals surface area contributed by atoms with E-state index < -0.39 is 84.6 Å². The number of benzene rings is 2. The summed E-state index contributed by atoms with van der Waals surface area (Å²) in [6.07, 6.45) is 0. The van der Waals surface area contributed by atoms with Crippen molar-refractivity contribution in [3.63, 3.8) is 0 Å². The van der Waals surface area contributed by atoms with Crippen LogP contribution in [0, 0.1) is 35.0 Å². The maximum Gasteiger partial charge on any atom is 0.334 e. The smallest absolute Gasteiger partial charge is 0.334 e. The number of carbonyl (C=O) groups excluding carboxylic acids is 5. The molecule has 3 aliphatic carbocycles. The van der Waals surface area contributed by atoms with Gasteiger partial charge in [-0.05, 0) is 62.4 Å². The van der Waals surface area contributed by atoms with E-state index in [2.05, 4.69) is 0 Å². The van der Waals surface area contributed by atoms with Crippen molar-refractivity contribution in [3.8, 4) is 0 Å². The number of esters is 1. The molecule has 4 N–H and O–H groups in total. The molecule has 45 heavy (non-hydrogen) atoms. The highest BCUT2D eigenvalue weighted by Gasteiger charge is 2.77. The molecule has 5 aliphatic rings. The molecule has 2 heterocycles. The Hall–Kier alpha value is -4.25. The van der Waals surface area contributed by atoms with E-state index in [1.54, 1.807) is 13.8 Å². The van der Waals surface area contributed by atoms with E-state index >= 15 is 0 Å². The summed E-state index contributed by atoms with van der Waals surface area (Å²) in [7, 11) is -8.12. The van der Waals surface area contributed by atoms with E-state index in [0.717, 1.165) is 34.1 Å². The minimum Gasteiger partial charge on any atom is -0.463 e. The van der Waals surface area contributed by atoms with Crippen LogP contribution in [-0.4, -0.2) is 53.0 Å². The fourth-order valence-corrected chi connectivity index (χ4v) is 8.92. The fourth-order valence-electron chi connectivity index (χ4n) is 7.89. The second-order valence-corrected chi connectivity index (χ2v) is 14.8. The van der Waals surface area contributed by atoms with E-state index in [-0.39, 0.29) is 33.3 Å². The summed E-state index contributed by atoms with van der Waals surface area (Å²) in [6.45, 7) is 4.69. The molecule has 7 rings (SSSR count). The average molecular weight is 657 g/mol. The molecule has 14 nitrogen and oxygen atoms in total. The van der Waals surface area contributed by atoms with Crippen molar-refractivity contribution in [1.29, 1.82) is 0 Å². The van der Waals surface area contributed by atoms with Crippen LogP contribution in [0.1, 0.15) is 20.8 Å². The summed E-state index contributed by atoms with van der Waals surface area (Å²) < 4.78 is 52.4. The molecule has 16 heteroatoms. The first kappa shape index (κ1) is 30.8. The Balaban J connectivity index is 1.49. The number of primary sulfonamides is 2.